The molecule has 162 valence electrons. The molecule has 0 atom stereocenters. The van der Waals surface area contributed by atoms with Gasteiger partial charge < -0.3 is 14.4 Å². The van der Waals surface area contributed by atoms with E-state index in [-0.39, 0.29) is 11.7 Å². The number of ether oxygens (including phenoxy) is 2. The minimum Gasteiger partial charge on any atom is -0.439 e. The molecule has 7 heteroatoms. The summed E-state index contributed by atoms with van der Waals surface area (Å²) in [7, 11) is 0. The van der Waals surface area contributed by atoms with E-state index >= 15 is 0 Å². The molecule has 0 bridgehead atoms. The molecule has 0 spiro atoms. The number of aromatic nitrogens is 2. The van der Waals surface area contributed by atoms with E-state index in [0.29, 0.717) is 56.5 Å². The summed E-state index contributed by atoms with van der Waals surface area (Å²) in [5, 5.41) is 4.64. The topological polar surface area (TPSA) is 56.6 Å². The summed E-state index contributed by atoms with van der Waals surface area (Å²) in [4.78, 5) is 14.5. The van der Waals surface area contributed by atoms with Crippen LogP contribution in [0.25, 0.3) is 5.69 Å². The number of morpholine rings is 1. The maximum atomic E-state index is 13.5. The molecule has 2 heterocycles. The molecule has 0 N–H and O–H groups in total. The van der Waals surface area contributed by atoms with Crippen molar-refractivity contribution < 1.29 is 18.7 Å². The van der Waals surface area contributed by atoms with Crippen molar-refractivity contribution in [2.75, 3.05) is 26.3 Å². The smallest absolute Gasteiger partial charge is 0.226 e. The first-order valence-electron chi connectivity index (χ1n) is 10.5. The molecule has 6 nitrogen and oxygen atoms in total. The summed E-state index contributed by atoms with van der Waals surface area (Å²) < 4.78 is 26.7. The van der Waals surface area contributed by atoms with Crippen LogP contribution in [0, 0.1) is 19.7 Å². The zero-order valence-corrected chi connectivity index (χ0v) is 17.8. The molecule has 1 fully saturated rings. The molecule has 31 heavy (non-hydrogen) atoms. The molecule has 1 aliphatic rings. The second-order valence-corrected chi connectivity index (χ2v) is 7.67. The predicted octanol–water partition coefficient (Wildman–Crippen LogP) is 4.21. The number of hydrogen-bond donors (Lipinski definition) is 0. The van der Waals surface area contributed by atoms with Gasteiger partial charge in [-0.1, -0.05) is 12.1 Å². The summed E-state index contributed by atoms with van der Waals surface area (Å²) in [6.45, 7) is 6.30. The number of halogens is 1. The Kier molecular flexibility index (Phi) is 6.32. The average molecular weight is 423 g/mol. The normalized spacial score (nSPS) is 14.0. The molecule has 0 saturated carbocycles. The lowest BCUT2D eigenvalue weighted by molar-refractivity contribution is -0.135. The molecule has 4 rings (SSSR count). The maximum absolute atomic E-state index is 13.5. The highest BCUT2D eigenvalue weighted by Crippen LogP contribution is 2.32. The van der Waals surface area contributed by atoms with Gasteiger partial charge in [-0.25, -0.2) is 9.07 Å². The molecule has 1 amide bonds. The molecule has 0 unspecified atom stereocenters. The van der Waals surface area contributed by atoms with Crippen molar-refractivity contribution in [2.45, 2.75) is 26.7 Å². The number of rotatable bonds is 6. The number of hydrogen-bond acceptors (Lipinski definition) is 4. The molecule has 1 aromatic heterocycles. The number of carbonyl (C=O) groups excluding carboxylic acids is 1. The van der Waals surface area contributed by atoms with Crippen molar-refractivity contribution in [3.63, 3.8) is 0 Å². The van der Waals surface area contributed by atoms with Gasteiger partial charge in [0.1, 0.15) is 11.6 Å². The first-order valence-corrected chi connectivity index (χ1v) is 10.5. The first-order chi connectivity index (χ1) is 15.0. The highest BCUT2D eigenvalue weighted by atomic mass is 19.1. The fraction of sp³-hybridized carbons (Fsp3) is 0.333. The summed E-state index contributed by atoms with van der Waals surface area (Å²) in [6, 6.07) is 13.9. The van der Waals surface area contributed by atoms with Gasteiger partial charge in [-0.15, -0.1) is 0 Å². The second kappa shape index (κ2) is 9.31. The van der Waals surface area contributed by atoms with Crippen molar-refractivity contribution >= 4 is 5.91 Å². The van der Waals surface area contributed by atoms with Gasteiger partial charge in [0.05, 0.1) is 24.6 Å². The molecule has 3 aromatic rings. The Morgan fingerprint density at radius 2 is 1.87 bits per heavy atom. The molecular formula is C24H26FN3O3. The van der Waals surface area contributed by atoms with Gasteiger partial charge >= 0.3 is 0 Å². The first kappa shape index (κ1) is 21.1. The van der Waals surface area contributed by atoms with Crippen molar-refractivity contribution in [2.24, 2.45) is 0 Å². The third kappa shape index (κ3) is 4.94. The second-order valence-electron chi connectivity index (χ2n) is 7.67. The van der Waals surface area contributed by atoms with Crippen LogP contribution < -0.4 is 4.74 Å². The van der Waals surface area contributed by atoms with Crippen molar-refractivity contribution in [1.82, 2.24) is 14.7 Å². The lowest BCUT2D eigenvalue weighted by Gasteiger charge is -2.26. The van der Waals surface area contributed by atoms with Crippen molar-refractivity contribution in [3.8, 4) is 17.3 Å². The average Bonchev–Trinajstić information content (AvgIpc) is 3.08. The summed E-state index contributed by atoms with van der Waals surface area (Å²) >= 11 is 0. The van der Waals surface area contributed by atoms with Gasteiger partial charge in [-0.3, -0.25) is 4.79 Å². The predicted molar refractivity (Wildman–Crippen MR) is 115 cm³/mol. The van der Waals surface area contributed by atoms with E-state index in [0.717, 1.165) is 16.8 Å². The Hall–Kier alpha value is -3.19. The molecule has 0 aliphatic carbocycles. The third-order valence-electron chi connectivity index (χ3n) is 5.37. The van der Waals surface area contributed by atoms with Crippen LogP contribution >= 0.6 is 0 Å². The van der Waals surface area contributed by atoms with Gasteiger partial charge in [0.15, 0.2) is 0 Å². The molecule has 0 radical (unpaired) electrons. The van der Waals surface area contributed by atoms with E-state index in [9.17, 15) is 9.18 Å². The van der Waals surface area contributed by atoms with Crippen LogP contribution in [-0.2, 0) is 16.0 Å². The molecule has 1 saturated heterocycles. The lowest BCUT2D eigenvalue weighted by Crippen LogP contribution is -2.40. The molecular weight excluding hydrogens is 397 g/mol. The SMILES string of the molecule is Cc1cccc(Oc2c(CCC(=O)N3CCOCC3)c(C)nn2-c2ccc(F)cc2)c1. The van der Waals surface area contributed by atoms with E-state index in [1.54, 1.807) is 16.8 Å². The van der Waals surface area contributed by atoms with E-state index in [1.165, 1.54) is 12.1 Å². The number of nitrogens with zero attached hydrogens (tertiary/aromatic N) is 3. The van der Waals surface area contributed by atoms with E-state index in [2.05, 4.69) is 5.10 Å². The Bertz CT molecular complexity index is 1060. The Balaban J connectivity index is 1.64. The molecule has 1 aliphatic heterocycles. The largest absolute Gasteiger partial charge is 0.439 e. The number of benzene rings is 2. The Morgan fingerprint density at radius 1 is 1.13 bits per heavy atom. The monoisotopic (exact) mass is 423 g/mol. The zero-order valence-electron chi connectivity index (χ0n) is 17.8. The van der Waals surface area contributed by atoms with Gasteiger partial charge in [-0.05, 0) is 62.2 Å². The van der Waals surface area contributed by atoms with Crippen molar-refractivity contribution in [3.05, 3.63) is 71.2 Å². The third-order valence-corrected chi connectivity index (χ3v) is 5.37. The van der Waals surface area contributed by atoms with Crippen LogP contribution in [0.1, 0.15) is 23.2 Å². The quantitative estimate of drug-likeness (QED) is 0.596. The Labute approximate surface area is 181 Å². The van der Waals surface area contributed by atoms with Gasteiger partial charge in [0, 0.05) is 25.1 Å². The van der Waals surface area contributed by atoms with Crippen LogP contribution in [0.15, 0.2) is 48.5 Å². The van der Waals surface area contributed by atoms with Crippen molar-refractivity contribution in [1.29, 1.82) is 0 Å². The summed E-state index contributed by atoms with van der Waals surface area (Å²) in [5.74, 6) is 1.01. The van der Waals surface area contributed by atoms with E-state index < -0.39 is 0 Å². The summed E-state index contributed by atoms with van der Waals surface area (Å²) in [6.07, 6.45) is 0.866. The van der Waals surface area contributed by atoms with Gasteiger partial charge in [-0.2, -0.15) is 5.10 Å². The minimum atomic E-state index is -0.315. The fourth-order valence-electron chi connectivity index (χ4n) is 3.68. The van der Waals surface area contributed by atoms with Crippen LogP contribution in [0.5, 0.6) is 11.6 Å². The Morgan fingerprint density at radius 3 is 2.58 bits per heavy atom. The molecule has 2 aromatic carbocycles. The van der Waals surface area contributed by atoms with Gasteiger partial charge in [0.2, 0.25) is 11.8 Å². The summed E-state index contributed by atoms with van der Waals surface area (Å²) in [5.41, 5.74) is 3.42. The minimum absolute atomic E-state index is 0.0961. The highest BCUT2D eigenvalue weighted by Gasteiger charge is 2.22. The van der Waals surface area contributed by atoms with Crippen LogP contribution in [0.2, 0.25) is 0 Å². The standard InChI is InChI=1S/C24H26FN3O3/c1-17-4-3-5-21(16-17)31-24-22(10-11-23(29)27-12-14-30-15-13-27)18(2)26-28(24)20-8-6-19(25)7-9-20/h3-9,16H,10-15H2,1-2H3. The van der Waals surface area contributed by atoms with Crippen LogP contribution in [0.3, 0.4) is 0 Å². The number of aryl methyl sites for hydroxylation is 2. The van der Waals surface area contributed by atoms with Gasteiger partial charge in [0.25, 0.3) is 0 Å². The van der Waals surface area contributed by atoms with Crippen LogP contribution in [-0.4, -0.2) is 46.9 Å². The fourth-order valence-corrected chi connectivity index (χ4v) is 3.68. The zero-order chi connectivity index (χ0) is 21.8. The van der Waals surface area contributed by atoms with Crippen LogP contribution in [0.4, 0.5) is 4.39 Å². The number of amides is 1. The number of carbonyl (C=O) groups is 1. The van der Waals surface area contributed by atoms with E-state index in [4.69, 9.17) is 9.47 Å². The maximum Gasteiger partial charge on any atom is 0.226 e. The lowest BCUT2D eigenvalue weighted by atomic mass is 10.1. The highest BCUT2D eigenvalue weighted by molar-refractivity contribution is 5.76. The van der Waals surface area contributed by atoms with E-state index in [1.807, 2.05) is 43.0 Å².